The molecule has 3 rings (SSSR count). The van der Waals surface area contributed by atoms with Crippen molar-refractivity contribution in [2.75, 3.05) is 13.7 Å². The zero-order valence-corrected chi connectivity index (χ0v) is 10.2. The summed E-state index contributed by atoms with van der Waals surface area (Å²) in [7, 11) is 1.68. The maximum absolute atomic E-state index is 5.22. The van der Waals surface area contributed by atoms with Gasteiger partial charge in [-0.1, -0.05) is 0 Å². The van der Waals surface area contributed by atoms with E-state index >= 15 is 0 Å². The maximum Gasteiger partial charge on any atom is 0.127 e. The zero-order chi connectivity index (χ0) is 11.9. The second-order valence-electron chi connectivity index (χ2n) is 4.83. The molecule has 1 aromatic carbocycles. The molecule has 0 radical (unpaired) electrons. The summed E-state index contributed by atoms with van der Waals surface area (Å²) in [4.78, 5) is 8.07. The average molecular weight is 231 g/mol. The first-order valence-electron chi connectivity index (χ1n) is 6.00. The second-order valence-corrected chi connectivity index (χ2v) is 4.83. The Morgan fingerprint density at radius 1 is 1.41 bits per heavy atom. The quantitative estimate of drug-likeness (QED) is 0.832. The van der Waals surface area contributed by atoms with Crippen molar-refractivity contribution in [3.05, 3.63) is 24.0 Å². The number of imidazole rings is 1. The topological polar surface area (TPSA) is 49.9 Å². The third-order valence-electron chi connectivity index (χ3n) is 3.58. The number of hydrogen-bond acceptors (Lipinski definition) is 3. The molecule has 0 spiro atoms. The van der Waals surface area contributed by atoms with Gasteiger partial charge in [0.05, 0.1) is 23.7 Å². The minimum atomic E-state index is -0.00768. The van der Waals surface area contributed by atoms with Gasteiger partial charge in [0.25, 0.3) is 0 Å². The van der Waals surface area contributed by atoms with Crippen LogP contribution < -0.4 is 10.1 Å². The Kier molecular flexibility index (Phi) is 2.33. The first kappa shape index (κ1) is 10.6. The van der Waals surface area contributed by atoms with Gasteiger partial charge in [-0.05, 0) is 38.4 Å². The van der Waals surface area contributed by atoms with Crippen molar-refractivity contribution in [1.82, 2.24) is 15.3 Å². The maximum atomic E-state index is 5.22. The number of benzene rings is 1. The summed E-state index contributed by atoms with van der Waals surface area (Å²) in [6.07, 6.45) is 2.33. The average Bonchev–Trinajstić information content (AvgIpc) is 2.94. The van der Waals surface area contributed by atoms with Crippen LogP contribution in [0, 0.1) is 0 Å². The molecular weight excluding hydrogens is 214 g/mol. The molecule has 2 N–H and O–H groups in total. The van der Waals surface area contributed by atoms with E-state index in [0.29, 0.717) is 0 Å². The lowest BCUT2D eigenvalue weighted by Gasteiger charge is -2.21. The van der Waals surface area contributed by atoms with Crippen molar-refractivity contribution in [3.8, 4) is 5.75 Å². The number of H-pyrrole nitrogens is 1. The van der Waals surface area contributed by atoms with E-state index in [-0.39, 0.29) is 5.54 Å². The fraction of sp³-hybridized carbons (Fsp3) is 0.462. The highest BCUT2D eigenvalue weighted by atomic mass is 16.5. The molecule has 2 aromatic rings. The number of rotatable bonds is 2. The summed E-state index contributed by atoms with van der Waals surface area (Å²) in [6, 6.07) is 5.92. The van der Waals surface area contributed by atoms with Crippen molar-refractivity contribution in [2.24, 2.45) is 0 Å². The third kappa shape index (κ3) is 1.69. The van der Waals surface area contributed by atoms with Crippen LogP contribution >= 0.6 is 0 Å². The van der Waals surface area contributed by atoms with Gasteiger partial charge in [-0.15, -0.1) is 0 Å². The van der Waals surface area contributed by atoms with Crippen LogP contribution in [0.15, 0.2) is 18.2 Å². The normalized spacial score (nSPS) is 24.4. The predicted octanol–water partition coefficient (Wildman–Crippen LogP) is 2.17. The molecule has 1 atom stereocenters. The Morgan fingerprint density at radius 3 is 3.00 bits per heavy atom. The number of nitrogens with one attached hydrogen (secondary N) is 2. The van der Waals surface area contributed by atoms with Crippen LogP contribution in [0.4, 0.5) is 0 Å². The number of aromatic amines is 1. The molecule has 4 nitrogen and oxygen atoms in total. The lowest BCUT2D eigenvalue weighted by Crippen LogP contribution is -2.34. The third-order valence-corrected chi connectivity index (χ3v) is 3.58. The lowest BCUT2D eigenvalue weighted by atomic mass is 10.00. The number of nitrogens with zero attached hydrogens (tertiary/aromatic N) is 1. The molecule has 0 amide bonds. The summed E-state index contributed by atoms with van der Waals surface area (Å²) >= 11 is 0. The summed E-state index contributed by atoms with van der Waals surface area (Å²) in [6.45, 7) is 3.27. The van der Waals surface area contributed by atoms with Gasteiger partial charge in [0, 0.05) is 6.07 Å². The molecule has 1 saturated heterocycles. The number of aromatic nitrogens is 2. The SMILES string of the molecule is COc1ccc2nc(C3(C)CCCN3)[nH]c2c1. The summed E-state index contributed by atoms with van der Waals surface area (Å²) in [5.74, 6) is 1.88. The van der Waals surface area contributed by atoms with Crippen molar-refractivity contribution in [2.45, 2.75) is 25.3 Å². The molecule has 4 heteroatoms. The lowest BCUT2D eigenvalue weighted by molar-refractivity contribution is 0.411. The minimum Gasteiger partial charge on any atom is -0.497 e. The zero-order valence-electron chi connectivity index (χ0n) is 10.2. The Balaban J connectivity index is 2.07. The van der Waals surface area contributed by atoms with Crippen LogP contribution in [0.5, 0.6) is 5.75 Å². The van der Waals surface area contributed by atoms with Crippen LogP contribution in [-0.2, 0) is 5.54 Å². The smallest absolute Gasteiger partial charge is 0.127 e. The highest BCUT2D eigenvalue weighted by Gasteiger charge is 2.32. The van der Waals surface area contributed by atoms with E-state index in [9.17, 15) is 0 Å². The van der Waals surface area contributed by atoms with Gasteiger partial charge in [0.2, 0.25) is 0 Å². The Morgan fingerprint density at radius 2 is 2.29 bits per heavy atom. The molecule has 0 saturated carbocycles. The molecule has 17 heavy (non-hydrogen) atoms. The summed E-state index contributed by atoms with van der Waals surface area (Å²) in [5, 5.41) is 3.51. The van der Waals surface area contributed by atoms with Crippen molar-refractivity contribution < 1.29 is 4.74 Å². The van der Waals surface area contributed by atoms with Crippen LogP contribution in [0.2, 0.25) is 0 Å². The van der Waals surface area contributed by atoms with Crippen LogP contribution in [-0.4, -0.2) is 23.6 Å². The molecule has 0 bridgehead atoms. The van der Waals surface area contributed by atoms with E-state index in [1.54, 1.807) is 7.11 Å². The van der Waals surface area contributed by atoms with Gasteiger partial charge in [0.1, 0.15) is 11.6 Å². The molecule has 1 aliphatic rings. The van der Waals surface area contributed by atoms with Crippen molar-refractivity contribution >= 4 is 11.0 Å². The van der Waals surface area contributed by atoms with E-state index in [2.05, 4.69) is 22.2 Å². The number of fused-ring (bicyclic) bond motifs is 1. The summed E-state index contributed by atoms with van der Waals surface area (Å²) < 4.78 is 5.22. The largest absolute Gasteiger partial charge is 0.497 e. The van der Waals surface area contributed by atoms with Crippen LogP contribution in [0.25, 0.3) is 11.0 Å². The Hall–Kier alpha value is -1.55. The second kappa shape index (κ2) is 3.74. The molecule has 1 aromatic heterocycles. The molecule has 0 aliphatic carbocycles. The highest BCUT2D eigenvalue weighted by molar-refractivity contribution is 5.77. The van der Waals surface area contributed by atoms with Gasteiger partial charge >= 0.3 is 0 Å². The first-order valence-corrected chi connectivity index (χ1v) is 6.00. The number of ether oxygens (including phenoxy) is 1. The number of methoxy groups -OCH3 is 1. The Bertz CT molecular complexity index is 541. The standard InChI is InChI=1S/C13H17N3O/c1-13(6-3-7-14-13)12-15-10-5-4-9(17-2)8-11(10)16-12/h4-5,8,14H,3,6-7H2,1-2H3,(H,15,16). The van der Waals surface area contributed by atoms with Gasteiger partial charge in [-0.25, -0.2) is 4.98 Å². The molecule has 2 heterocycles. The van der Waals surface area contributed by atoms with E-state index in [0.717, 1.165) is 35.6 Å². The minimum absolute atomic E-state index is 0.00768. The molecule has 1 aliphatic heterocycles. The van der Waals surface area contributed by atoms with E-state index in [1.165, 1.54) is 6.42 Å². The van der Waals surface area contributed by atoms with E-state index < -0.39 is 0 Å². The Labute approximate surface area is 100 Å². The van der Waals surface area contributed by atoms with Crippen LogP contribution in [0.1, 0.15) is 25.6 Å². The number of hydrogen-bond donors (Lipinski definition) is 2. The molecule has 90 valence electrons. The first-order chi connectivity index (χ1) is 8.21. The highest BCUT2D eigenvalue weighted by Crippen LogP contribution is 2.30. The van der Waals surface area contributed by atoms with Gasteiger partial charge in [-0.2, -0.15) is 0 Å². The monoisotopic (exact) mass is 231 g/mol. The molecule has 1 fully saturated rings. The molecular formula is C13H17N3O. The van der Waals surface area contributed by atoms with Gasteiger partial charge in [-0.3, -0.25) is 0 Å². The van der Waals surface area contributed by atoms with Crippen molar-refractivity contribution in [3.63, 3.8) is 0 Å². The molecule has 1 unspecified atom stereocenters. The van der Waals surface area contributed by atoms with Gasteiger partial charge < -0.3 is 15.0 Å². The fourth-order valence-electron chi connectivity index (χ4n) is 2.47. The van der Waals surface area contributed by atoms with E-state index in [1.807, 2.05) is 18.2 Å². The van der Waals surface area contributed by atoms with Crippen LogP contribution in [0.3, 0.4) is 0 Å². The summed E-state index contributed by atoms with van der Waals surface area (Å²) in [5.41, 5.74) is 2.02. The van der Waals surface area contributed by atoms with E-state index in [4.69, 9.17) is 4.74 Å². The van der Waals surface area contributed by atoms with Gasteiger partial charge in [0.15, 0.2) is 0 Å². The predicted molar refractivity (Wildman–Crippen MR) is 67.2 cm³/mol. The van der Waals surface area contributed by atoms with Crippen molar-refractivity contribution in [1.29, 1.82) is 0 Å². The fourth-order valence-corrected chi connectivity index (χ4v) is 2.47.